The van der Waals surface area contributed by atoms with Gasteiger partial charge in [0.25, 0.3) is 0 Å². The largest absolute Gasteiger partial charge is 0.353 e. The average Bonchev–Trinajstić information content (AvgIpc) is 2.74. The molecule has 0 saturated heterocycles. The summed E-state index contributed by atoms with van der Waals surface area (Å²) in [4.78, 5) is 11.9. The minimum Gasteiger partial charge on any atom is -0.353 e. The number of alkyl halides is 1. The van der Waals surface area contributed by atoms with E-state index >= 15 is 0 Å². The van der Waals surface area contributed by atoms with Crippen molar-refractivity contribution in [2.75, 3.05) is 5.33 Å². The summed E-state index contributed by atoms with van der Waals surface area (Å²) < 4.78 is 0. The molecular weight excluding hydrogens is 254 g/mol. The average molecular weight is 276 g/mol. The Morgan fingerprint density at radius 2 is 2.07 bits per heavy atom. The van der Waals surface area contributed by atoms with Gasteiger partial charge < -0.3 is 5.32 Å². The Morgan fingerprint density at radius 1 is 1.53 bits per heavy atom. The summed E-state index contributed by atoms with van der Waals surface area (Å²) in [5.74, 6) is 1.00. The minimum absolute atomic E-state index is 0.236. The van der Waals surface area contributed by atoms with Crippen LogP contribution in [0.15, 0.2) is 0 Å². The van der Waals surface area contributed by atoms with Gasteiger partial charge in [0.05, 0.1) is 0 Å². The Morgan fingerprint density at radius 3 is 2.40 bits per heavy atom. The smallest absolute Gasteiger partial charge is 0.223 e. The third-order valence-corrected chi connectivity index (χ3v) is 3.84. The van der Waals surface area contributed by atoms with Gasteiger partial charge in [0.15, 0.2) is 0 Å². The van der Waals surface area contributed by atoms with Crippen LogP contribution in [0.1, 0.15) is 40.5 Å². The molecule has 1 amide bonds. The molecule has 1 fully saturated rings. The van der Waals surface area contributed by atoms with E-state index in [1.165, 1.54) is 0 Å². The van der Waals surface area contributed by atoms with Crippen molar-refractivity contribution in [1.29, 1.82) is 0 Å². The predicted molar refractivity (Wildman–Crippen MR) is 67.1 cm³/mol. The van der Waals surface area contributed by atoms with Crippen molar-refractivity contribution >= 4 is 21.8 Å². The lowest BCUT2D eigenvalue weighted by molar-refractivity contribution is -0.124. The lowest BCUT2D eigenvalue weighted by atomic mass is 10.0. The molecule has 1 rings (SSSR count). The standard InChI is InChI=1S/C12H22BrNO/c1-8(2)10(5-6-13)14-11(15)9-7-12(9,3)4/h8-10H,5-7H2,1-4H3,(H,14,15). The van der Waals surface area contributed by atoms with Crippen LogP contribution in [-0.4, -0.2) is 17.3 Å². The second-order valence-corrected chi connectivity index (χ2v) is 6.38. The summed E-state index contributed by atoms with van der Waals surface area (Å²) in [7, 11) is 0. The van der Waals surface area contributed by atoms with Crippen LogP contribution in [0.4, 0.5) is 0 Å². The molecule has 2 nitrogen and oxygen atoms in total. The quantitative estimate of drug-likeness (QED) is 0.768. The zero-order valence-corrected chi connectivity index (χ0v) is 11.7. The van der Waals surface area contributed by atoms with E-state index in [1.807, 2.05) is 0 Å². The number of carbonyl (C=O) groups excluding carboxylic acids is 1. The summed E-state index contributed by atoms with van der Waals surface area (Å²) in [5, 5.41) is 4.11. The van der Waals surface area contributed by atoms with E-state index in [-0.39, 0.29) is 17.2 Å². The zero-order chi connectivity index (χ0) is 11.6. The Kier molecular flexibility index (Phi) is 4.21. The van der Waals surface area contributed by atoms with Gasteiger partial charge in [0.2, 0.25) is 5.91 Å². The van der Waals surface area contributed by atoms with Gasteiger partial charge >= 0.3 is 0 Å². The van der Waals surface area contributed by atoms with Crippen LogP contribution >= 0.6 is 15.9 Å². The molecule has 1 aliphatic rings. The number of carbonyl (C=O) groups is 1. The number of nitrogens with one attached hydrogen (secondary N) is 1. The molecule has 0 spiro atoms. The molecule has 0 aromatic carbocycles. The maximum absolute atomic E-state index is 11.9. The number of halogens is 1. The highest BCUT2D eigenvalue weighted by Gasteiger charge is 2.50. The number of hydrogen-bond donors (Lipinski definition) is 1. The van der Waals surface area contributed by atoms with Crippen molar-refractivity contribution in [1.82, 2.24) is 5.32 Å². The normalized spacial score (nSPS) is 25.1. The van der Waals surface area contributed by atoms with Gasteiger partial charge in [-0.05, 0) is 24.2 Å². The molecule has 0 bridgehead atoms. The molecule has 0 aromatic rings. The van der Waals surface area contributed by atoms with Crippen molar-refractivity contribution < 1.29 is 4.79 Å². The molecule has 0 aliphatic heterocycles. The molecule has 0 heterocycles. The molecule has 1 N–H and O–H groups in total. The molecule has 1 saturated carbocycles. The molecule has 3 heteroatoms. The molecule has 88 valence electrons. The van der Waals surface area contributed by atoms with Crippen LogP contribution in [0.3, 0.4) is 0 Å². The lowest BCUT2D eigenvalue weighted by Gasteiger charge is -2.22. The molecular formula is C12H22BrNO. The van der Waals surface area contributed by atoms with Crippen molar-refractivity contribution in [2.24, 2.45) is 17.3 Å². The van der Waals surface area contributed by atoms with Gasteiger partial charge in [0.1, 0.15) is 0 Å². The first-order valence-corrected chi connectivity index (χ1v) is 6.87. The third kappa shape index (κ3) is 3.47. The molecule has 0 radical (unpaired) electrons. The first-order valence-electron chi connectivity index (χ1n) is 5.75. The molecule has 0 aromatic heterocycles. The number of rotatable bonds is 5. The third-order valence-electron chi connectivity index (χ3n) is 3.38. The highest BCUT2D eigenvalue weighted by molar-refractivity contribution is 9.09. The van der Waals surface area contributed by atoms with E-state index in [0.717, 1.165) is 18.2 Å². The summed E-state index contributed by atoms with van der Waals surface area (Å²) in [5.41, 5.74) is 0.236. The Bertz CT molecular complexity index is 238. The van der Waals surface area contributed by atoms with Crippen LogP contribution in [0.25, 0.3) is 0 Å². The van der Waals surface area contributed by atoms with Gasteiger partial charge in [-0.3, -0.25) is 4.79 Å². The van der Waals surface area contributed by atoms with Gasteiger partial charge in [-0.15, -0.1) is 0 Å². The second-order valence-electron chi connectivity index (χ2n) is 5.58. The van der Waals surface area contributed by atoms with Gasteiger partial charge in [-0.1, -0.05) is 43.6 Å². The fourth-order valence-corrected chi connectivity index (χ4v) is 2.38. The highest BCUT2D eigenvalue weighted by Crippen LogP contribution is 2.51. The summed E-state index contributed by atoms with van der Waals surface area (Å²) >= 11 is 3.43. The fourth-order valence-electron chi connectivity index (χ4n) is 1.89. The van der Waals surface area contributed by atoms with Crippen molar-refractivity contribution in [3.05, 3.63) is 0 Å². The van der Waals surface area contributed by atoms with Gasteiger partial charge in [0, 0.05) is 17.3 Å². The van der Waals surface area contributed by atoms with E-state index < -0.39 is 0 Å². The van der Waals surface area contributed by atoms with Crippen molar-refractivity contribution in [2.45, 2.75) is 46.6 Å². The molecule has 1 aliphatic carbocycles. The van der Waals surface area contributed by atoms with Gasteiger partial charge in [-0.2, -0.15) is 0 Å². The monoisotopic (exact) mass is 275 g/mol. The molecule has 2 unspecified atom stereocenters. The summed E-state index contributed by atoms with van der Waals surface area (Å²) in [6.45, 7) is 8.63. The van der Waals surface area contributed by atoms with E-state index in [2.05, 4.69) is 48.9 Å². The Labute approximate surface area is 101 Å². The molecule has 2 atom stereocenters. The predicted octanol–water partition coefficient (Wildman–Crippen LogP) is 2.96. The SMILES string of the molecule is CC(C)C(CCBr)NC(=O)C1CC1(C)C. The Balaban J connectivity index is 2.42. The second kappa shape index (κ2) is 4.86. The van der Waals surface area contributed by atoms with E-state index in [0.29, 0.717) is 12.0 Å². The van der Waals surface area contributed by atoms with Crippen LogP contribution in [0.5, 0.6) is 0 Å². The maximum Gasteiger partial charge on any atom is 0.223 e. The zero-order valence-electron chi connectivity index (χ0n) is 10.1. The van der Waals surface area contributed by atoms with E-state index in [4.69, 9.17) is 0 Å². The highest BCUT2D eigenvalue weighted by atomic mass is 79.9. The summed E-state index contributed by atoms with van der Waals surface area (Å²) in [6, 6.07) is 0.313. The van der Waals surface area contributed by atoms with Crippen LogP contribution in [-0.2, 0) is 4.79 Å². The number of hydrogen-bond acceptors (Lipinski definition) is 1. The topological polar surface area (TPSA) is 29.1 Å². The molecule has 15 heavy (non-hydrogen) atoms. The first kappa shape index (κ1) is 13.0. The summed E-state index contributed by atoms with van der Waals surface area (Å²) in [6.07, 6.45) is 2.05. The van der Waals surface area contributed by atoms with Gasteiger partial charge in [-0.25, -0.2) is 0 Å². The van der Waals surface area contributed by atoms with Crippen LogP contribution in [0, 0.1) is 17.3 Å². The Hall–Kier alpha value is -0.0500. The van der Waals surface area contributed by atoms with Crippen LogP contribution in [0.2, 0.25) is 0 Å². The van der Waals surface area contributed by atoms with E-state index in [9.17, 15) is 4.79 Å². The lowest BCUT2D eigenvalue weighted by Crippen LogP contribution is -2.40. The van der Waals surface area contributed by atoms with E-state index in [1.54, 1.807) is 0 Å². The maximum atomic E-state index is 11.9. The van der Waals surface area contributed by atoms with Crippen LogP contribution < -0.4 is 5.32 Å². The fraction of sp³-hybridized carbons (Fsp3) is 0.917. The minimum atomic E-state index is 0.236. The van der Waals surface area contributed by atoms with Crippen molar-refractivity contribution in [3.63, 3.8) is 0 Å². The number of amides is 1. The van der Waals surface area contributed by atoms with Crippen molar-refractivity contribution in [3.8, 4) is 0 Å². The first-order chi connectivity index (χ1) is 6.88.